The van der Waals surface area contributed by atoms with Crippen LogP contribution in [0.3, 0.4) is 0 Å². The summed E-state index contributed by atoms with van der Waals surface area (Å²) in [6, 6.07) is 15.2. The molecule has 0 radical (unpaired) electrons. The van der Waals surface area contributed by atoms with Crippen LogP contribution in [0.15, 0.2) is 48.5 Å². The van der Waals surface area contributed by atoms with Gasteiger partial charge in [-0.15, -0.1) is 0 Å². The molecule has 2 atom stereocenters. The zero-order valence-corrected chi connectivity index (χ0v) is 19.0. The van der Waals surface area contributed by atoms with Crippen molar-refractivity contribution in [3.63, 3.8) is 0 Å². The van der Waals surface area contributed by atoms with E-state index >= 15 is 0 Å². The van der Waals surface area contributed by atoms with E-state index in [1.165, 1.54) is 0 Å². The van der Waals surface area contributed by atoms with Gasteiger partial charge in [0.05, 0.1) is 0 Å². The molecule has 0 saturated heterocycles. The van der Waals surface area contributed by atoms with E-state index in [0.29, 0.717) is 12.8 Å². The first-order chi connectivity index (χ1) is 15.8. The lowest BCUT2D eigenvalue weighted by Gasteiger charge is -2.31. The highest BCUT2D eigenvalue weighted by Gasteiger charge is 2.49. The second-order valence-electron chi connectivity index (χ2n) is 9.08. The van der Waals surface area contributed by atoms with Crippen LogP contribution >= 0.6 is 0 Å². The van der Waals surface area contributed by atoms with Crippen molar-refractivity contribution in [1.29, 1.82) is 0 Å². The SMILES string of the molecule is CCC[C@H](NC(=O)C(C)(NC(=O)OCC1c2ccccc2-c2ccccc21)C1CC1)C(=O)O. The van der Waals surface area contributed by atoms with Crippen LogP contribution in [0, 0.1) is 5.92 Å². The van der Waals surface area contributed by atoms with Crippen LogP contribution in [-0.2, 0) is 14.3 Å². The third kappa shape index (κ3) is 4.58. The maximum absolute atomic E-state index is 13.0. The summed E-state index contributed by atoms with van der Waals surface area (Å²) in [5.41, 5.74) is 3.28. The van der Waals surface area contributed by atoms with Crippen molar-refractivity contribution < 1.29 is 24.2 Å². The van der Waals surface area contributed by atoms with Gasteiger partial charge in [-0.3, -0.25) is 4.79 Å². The second kappa shape index (κ2) is 9.25. The first-order valence-corrected chi connectivity index (χ1v) is 11.5. The lowest BCUT2D eigenvalue weighted by molar-refractivity contribution is -0.143. The lowest BCUT2D eigenvalue weighted by atomic mass is 9.94. The van der Waals surface area contributed by atoms with E-state index in [9.17, 15) is 19.5 Å². The Bertz CT molecular complexity index is 1020. The molecule has 2 aliphatic rings. The summed E-state index contributed by atoms with van der Waals surface area (Å²) in [5, 5.41) is 14.7. The summed E-state index contributed by atoms with van der Waals surface area (Å²) in [5.74, 6) is -1.69. The Morgan fingerprint density at radius 3 is 2.15 bits per heavy atom. The molecule has 1 fully saturated rings. The van der Waals surface area contributed by atoms with Crippen molar-refractivity contribution in [2.75, 3.05) is 6.61 Å². The Labute approximate surface area is 193 Å². The van der Waals surface area contributed by atoms with E-state index in [4.69, 9.17) is 4.74 Å². The molecule has 0 spiro atoms. The summed E-state index contributed by atoms with van der Waals surface area (Å²) < 4.78 is 5.62. The van der Waals surface area contributed by atoms with Crippen molar-refractivity contribution >= 4 is 18.0 Å². The standard InChI is InChI=1S/C26H30N2O5/c1-3-8-22(23(29)30)27-24(31)26(2,16-13-14-16)28-25(32)33-15-21-19-11-6-4-9-17(19)18-10-5-7-12-20(18)21/h4-7,9-12,16,21-22H,3,8,13-15H2,1-2H3,(H,27,31)(H,28,32)(H,29,30)/t22-,26?/m0/s1. The van der Waals surface area contributed by atoms with Crippen LogP contribution in [0.4, 0.5) is 4.79 Å². The molecule has 0 aromatic heterocycles. The fraction of sp³-hybridized carbons (Fsp3) is 0.423. The third-order valence-corrected chi connectivity index (χ3v) is 6.75. The fourth-order valence-corrected chi connectivity index (χ4v) is 4.71. The number of carbonyl (C=O) groups excluding carboxylic acids is 2. The van der Waals surface area contributed by atoms with E-state index in [1.807, 2.05) is 43.3 Å². The lowest BCUT2D eigenvalue weighted by Crippen LogP contribution is -2.61. The normalized spacial score (nSPS) is 17.3. The monoisotopic (exact) mass is 450 g/mol. The Hall–Kier alpha value is -3.35. The number of carbonyl (C=O) groups is 3. The van der Waals surface area contributed by atoms with Crippen LogP contribution in [0.25, 0.3) is 11.1 Å². The number of aliphatic carboxylic acids is 1. The van der Waals surface area contributed by atoms with Gasteiger partial charge in [-0.25, -0.2) is 9.59 Å². The molecule has 2 aliphatic carbocycles. The largest absolute Gasteiger partial charge is 0.480 e. The van der Waals surface area contributed by atoms with Crippen molar-refractivity contribution in [3.05, 3.63) is 59.7 Å². The minimum atomic E-state index is -1.22. The zero-order valence-electron chi connectivity index (χ0n) is 19.0. The van der Waals surface area contributed by atoms with Gasteiger partial charge in [-0.1, -0.05) is 61.9 Å². The number of nitrogens with one attached hydrogen (secondary N) is 2. The number of alkyl carbamates (subject to hydrolysis) is 1. The van der Waals surface area contributed by atoms with Gasteiger partial charge in [0, 0.05) is 5.92 Å². The maximum Gasteiger partial charge on any atom is 0.408 e. The van der Waals surface area contributed by atoms with E-state index in [0.717, 1.165) is 35.1 Å². The fourth-order valence-electron chi connectivity index (χ4n) is 4.71. The first kappa shape index (κ1) is 22.8. The minimum Gasteiger partial charge on any atom is -0.480 e. The van der Waals surface area contributed by atoms with Gasteiger partial charge in [0.25, 0.3) is 0 Å². The number of fused-ring (bicyclic) bond motifs is 3. The van der Waals surface area contributed by atoms with Crippen molar-refractivity contribution in [1.82, 2.24) is 10.6 Å². The summed E-state index contributed by atoms with van der Waals surface area (Å²) in [6.45, 7) is 3.65. The Balaban J connectivity index is 1.44. The predicted octanol–water partition coefficient (Wildman–Crippen LogP) is 4.06. The molecule has 1 unspecified atom stereocenters. The van der Waals surface area contributed by atoms with Gasteiger partial charge in [0.15, 0.2) is 0 Å². The summed E-state index contributed by atoms with van der Waals surface area (Å²) in [7, 11) is 0. The number of benzene rings is 2. The number of ether oxygens (including phenoxy) is 1. The highest BCUT2D eigenvalue weighted by molar-refractivity contribution is 5.93. The van der Waals surface area contributed by atoms with Crippen molar-refractivity contribution in [3.8, 4) is 11.1 Å². The van der Waals surface area contributed by atoms with Gasteiger partial charge in [-0.2, -0.15) is 0 Å². The number of carboxylic acid groups (broad SMARTS) is 1. The van der Waals surface area contributed by atoms with E-state index in [1.54, 1.807) is 6.92 Å². The quantitative estimate of drug-likeness (QED) is 0.534. The topological polar surface area (TPSA) is 105 Å². The molecule has 1 saturated carbocycles. The molecule has 4 rings (SSSR count). The first-order valence-electron chi connectivity index (χ1n) is 11.5. The average molecular weight is 451 g/mol. The number of hydrogen-bond acceptors (Lipinski definition) is 4. The molecule has 33 heavy (non-hydrogen) atoms. The Morgan fingerprint density at radius 1 is 1.06 bits per heavy atom. The molecule has 2 aromatic rings. The number of rotatable bonds is 9. The summed E-state index contributed by atoms with van der Waals surface area (Å²) >= 11 is 0. The summed E-state index contributed by atoms with van der Waals surface area (Å²) in [6.07, 6.45) is 1.85. The molecular formula is C26H30N2O5. The molecule has 7 nitrogen and oxygen atoms in total. The Morgan fingerprint density at radius 2 is 1.64 bits per heavy atom. The van der Waals surface area contributed by atoms with Gasteiger partial charge in [0.2, 0.25) is 5.91 Å². The van der Waals surface area contributed by atoms with Gasteiger partial charge >= 0.3 is 12.1 Å². The van der Waals surface area contributed by atoms with E-state index in [-0.39, 0.29) is 18.4 Å². The molecule has 0 bridgehead atoms. The average Bonchev–Trinajstić information content (AvgIpc) is 3.61. The van der Waals surface area contributed by atoms with Crippen LogP contribution in [0.2, 0.25) is 0 Å². The van der Waals surface area contributed by atoms with Crippen LogP contribution in [-0.4, -0.2) is 41.3 Å². The summed E-state index contributed by atoms with van der Waals surface area (Å²) in [4.78, 5) is 37.3. The van der Waals surface area contributed by atoms with Crippen molar-refractivity contribution in [2.45, 2.75) is 57.0 Å². The zero-order chi connectivity index (χ0) is 23.6. The second-order valence-corrected chi connectivity index (χ2v) is 9.08. The molecule has 2 aromatic carbocycles. The number of hydrogen-bond donors (Lipinski definition) is 3. The highest BCUT2D eigenvalue weighted by Crippen LogP contribution is 2.44. The molecule has 7 heteroatoms. The van der Waals surface area contributed by atoms with Gasteiger partial charge < -0.3 is 20.5 Å². The van der Waals surface area contributed by atoms with Crippen LogP contribution in [0.5, 0.6) is 0 Å². The van der Waals surface area contributed by atoms with E-state index < -0.39 is 29.6 Å². The molecule has 174 valence electrons. The Kier molecular flexibility index (Phi) is 6.40. The van der Waals surface area contributed by atoms with Crippen LogP contribution < -0.4 is 10.6 Å². The third-order valence-electron chi connectivity index (χ3n) is 6.75. The predicted molar refractivity (Wildman–Crippen MR) is 124 cm³/mol. The van der Waals surface area contributed by atoms with Gasteiger partial charge in [0.1, 0.15) is 18.2 Å². The maximum atomic E-state index is 13.0. The van der Waals surface area contributed by atoms with Crippen molar-refractivity contribution in [2.24, 2.45) is 5.92 Å². The van der Waals surface area contributed by atoms with Crippen LogP contribution in [0.1, 0.15) is 56.6 Å². The number of amides is 2. The smallest absolute Gasteiger partial charge is 0.408 e. The van der Waals surface area contributed by atoms with E-state index in [2.05, 4.69) is 22.8 Å². The molecule has 3 N–H and O–H groups in total. The molecule has 0 aliphatic heterocycles. The molecular weight excluding hydrogens is 420 g/mol. The minimum absolute atomic E-state index is 0.0472. The van der Waals surface area contributed by atoms with Gasteiger partial charge in [-0.05, 0) is 54.4 Å². The number of carboxylic acids is 1. The molecule has 2 amide bonds. The molecule has 0 heterocycles. The highest BCUT2D eigenvalue weighted by atomic mass is 16.5.